The fourth-order valence-electron chi connectivity index (χ4n) is 2.70. The van der Waals surface area contributed by atoms with E-state index < -0.39 is 41.0 Å². The molecule has 0 bridgehead atoms. The minimum absolute atomic E-state index is 0.0797. The van der Waals surface area contributed by atoms with Crippen LogP contribution in [0.2, 0.25) is 5.02 Å². The van der Waals surface area contributed by atoms with Crippen molar-refractivity contribution < 1.29 is 35.2 Å². The molecule has 2 aromatic rings. The lowest BCUT2D eigenvalue weighted by molar-refractivity contribution is -0.167. The Morgan fingerprint density at radius 3 is 2.37 bits per heavy atom. The molecule has 2 rings (SSSR count). The molecule has 0 aliphatic heterocycles. The molecule has 9 heteroatoms. The number of likely N-dealkylation sites (N-methyl/N-ethyl adjacent to an activating group) is 1. The zero-order valence-electron chi connectivity index (χ0n) is 14.3. The minimum Gasteiger partial charge on any atom is -0.504 e. The number of phenolic OH excluding ortho intramolecular Hbond substituents is 3. The molecular weight excluding hydrogens is 378 g/mol. The Bertz CT molecular complexity index is 884. The largest absolute Gasteiger partial charge is 0.504 e. The average molecular weight is 396 g/mol. The van der Waals surface area contributed by atoms with Crippen LogP contribution in [0.5, 0.6) is 17.2 Å². The van der Waals surface area contributed by atoms with Gasteiger partial charge >= 0.3 is 5.91 Å². The average Bonchev–Trinajstić information content (AvgIpc) is 2.58. The second kappa shape index (κ2) is 7.83. The number of halogens is 1. The summed E-state index contributed by atoms with van der Waals surface area (Å²) in [5.41, 5.74) is -1.93. The maximum atomic E-state index is 12.2. The van der Waals surface area contributed by atoms with Crippen LogP contribution >= 0.6 is 11.6 Å². The van der Waals surface area contributed by atoms with Crippen LogP contribution in [0.4, 0.5) is 0 Å². The van der Waals surface area contributed by atoms with Crippen LogP contribution in [-0.4, -0.2) is 49.4 Å². The van der Waals surface area contributed by atoms with Crippen LogP contribution < -0.4 is 0 Å². The number of rotatable bonds is 6. The summed E-state index contributed by atoms with van der Waals surface area (Å²) in [5.74, 6) is -4.73. The number of hydroxylamine groups is 2. The number of aromatic hydroxyl groups is 3. The third-order valence-electron chi connectivity index (χ3n) is 4.00. The number of benzene rings is 2. The zero-order valence-corrected chi connectivity index (χ0v) is 15.0. The van der Waals surface area contributed by atoms with Crippen molar-refractivity contribution in [3.63, 3.8) is 0 Å². The van der Waals surface area contributed by atoms with Crippen molar-refractivity contribution in [1.29, 1.82) is 0 Å². The number of amides is 1. The summed E-state index contributed by atoms with van der Waals surface area (Å²) in [6, 6.07) is 8.49. The van der Waals surface area contributed by atoms with Gasteiger partial charge in [-0.2, -0.15) is 0 Å². The fraction of sp³-hybridized carbons (Fsp3) is 0.222. The van der Waals surface area contributed by atoms with Crippen LogP contribution in [0.1, 0.15) is 17.5 Å². The highest BCUT2D eigenvalue weighted by Crippen LogP contribution is 2.44. The molecule has 27 heavy (non-hydrogen) atoms. The van der Waals surface area contributed by atoms with Crippen molar-refractivity contribution in [2.45, 2.75) is 18.4 Å². The van der Waals surface area contributed by atoms with Gasteiger partial charge in [-0.3, -0.25) is 14.8 Å². The lowest BCUT2D eigenvalue weighted by Crippen LogP contribution is -2.38. The van der Waals surface area contributed by atoms with Gasteiger partial charge in [-0.25, -0.2) is 5.06 Å². The van der Waals surface area contributed by atoms with Crippen molar-refractivity contribution in [1.82, 2.24) is 5.06 Å². The van der Waals surface area contributed by atoms with Gasteiger partial charge < -0.3 is 20.4 Å². The zero-order chi connectivity index (χ0) is 20.4. The van der Waals surface area contributed by atoms with Gasteiger partial charge in [0.25, 0.3) is 0 Å². The van der Waals surface area contributed by atoms with E-state index in [1.165, 1.54) is 6.07 Å². The van der Waals surface area contributed by atoms with Gasteiger partial charge in [0, 0.05) is 30.5 Å². The number of carbonyl (C=O) groups excluding carboxylic acids is 2. The molecule has 0 fully saturated rings. The van der Waals surface area contributed by atoms with Crippen LogP contribution in [0.25, 0.3) is 0 Å². The van der Waals surface area contributed by atoms with Crippen LogP contribution in [0.15, 0.2) is 36.4 Å². The van der Waals surface area contributed by atoms with Crippen molar-refractivity contribution in [3.05, 3.63) is 52.5 Å². The molecule has 144 valence electrons. The topological polar surface area (TPSA) is 139 Å². The summed E-state index contributed by atoms with van der Waals surface area (Å²) in [7, 11) is 0.958. The molecule has 0 aliphatic rings. The molecule has 0 aliphatic carbocycles. The first-order chi connectivity index (χ1) is 12.5. The second-order valence-corrected chi connectivity index (χ2v) is 6.53. The van der Waals surface area contributed by atoms with Crippen molar-refractivity contribution in [2.75, 3.05) is 7.05 Å². The van der Waals surface area contributed by atoms with Gasteiger partial charge in [0.15, 0.2) is 11.5 Å². The molecule has 0 aromatic heterocycles. The third kappa shape index (κ3) is 4.48. The van der Waals surface area contributed by atoms with E-state index in [2.05, 4.69) is 0 Å². The SMILES string of the molecule is CN(O)C(=O)C(=O)C[C@](O)(Cc1cccc(Cl)c1)c1ccc(O)c(O)c1O. The number of aliphatic hydroxyl groups is 1. The Morgan fingerprint density at radius 2 is 1.78 bits per heavy atom. The Balaban J connectivity index is 2.52. The third-order valence-corrected chi connectivity index (χ3v) is 4.24. The van der Waals surface area contributed by atoms with Crippen molar-refractivity contribution in [2.24, 2.45) is 0 Å². The van der Waals surface area contributed by atoms with E-state index in [1.807, 2.05) is 0 Å². The highest BCUT2D eigenvalue weighted by molar-refractivity contribution is 6.35. The van der Waals surface area contributed by atoms with E-state index in [4.69, 9.17) is 16.8 Å². The van der Waals surface area contributed by atoms with E-state index in [9.17, 15) is 30.0 Å². The van der Waals surface area contributed by atoms with E-state index in [0.29, 0.717) is 10.6 Å². The quantitative estimate of drug-likeness (QED) is 0.217. The number of nitrogens with zero attached hydrogens (tertiary/aromatic N) is 1. The van der Waals surface area contributed by atoms with E-state index in [0.717, 1.165) is 19.2 Å². The highest BCUT2D eigenvalue weighted by Gasteiger charge is 2.38. The number of hydrogen-bond acceptors (Lipinski definition) is 7. The number of hydrogen-bond donors (Lipinski definition) is 5. The molecule has 1 atom stereocenters. The Labute approximate surface area is 159 Å². The molecule has 0 radical (unpaired) electrons. The molecule has 0 unspecified atom stereocenters. The first kappa shape index (κ1) is 20.5. The van der Waals surface area contributed by atoms with Crippen LogP contribution in [0.3, 0.4) is 0 Å². The standard InChI is InChI=1S/C18H18ClNO7/c1-20(27)17(25)14(22)9-18(26,8-10-3-2-4-11(19)7-10)12-5-6-13(21)16(24)15(12)23/h2-7,21,23-24,26-27H,8-9H2,1H3/t18-/m1/s1. The second-order valence-electron chi connectivity index (χ2n) is 6.10. The van der Waals surface area contributed by atoms with E-state index in [1.54, 1.807) is 18.2 Å². The molecule has 8 nitrogen and oxygen atoms in total. The summed E-state index contributed by atoms with van der Waals surface area (Å²) in [4.78, 5) is 23.9. The first-order valence-corrected chi connectivity index (χ1v) is 8.14. The molecule has 1 amide bonds. The summed E-state index contributed by atoms with van der Waals surface area (Å²) >= 11 is 5.93. The summed E-state index contributed by atoms with van der Waals surface area (Å²) in [5, 5.41) is 50.2. The highest BCUT2D eigenvalue weighted by atomic mass is 35.5. The Hall–Kier alpha value is -2.81. The van der Waals surface area contributed by atoms with Gasteiger partial charge in [0.2, 0.25) is 11.5 Å². The molecule has 0 saturated heterocycles. The molecule has 0 spiro atoms. The first-order valence-electron chi connectivity index (χ1n) is 7.76. The number of Topliss-reactive ketones (excluding diaryl/α,β-unsaturated/α-hetero) is 1. The van der Waals surface area contributed by atoms with Crippen molar-refractivity contribution >= 4 is 23.3 Å². The smallest absolute Gasteiger partial charge is 0.313 e. The molecule has 0 heterocycles. The predicted molar refractivity (Wildman–Crippen MR) is 94.7 cm³/mol. The maximum absolute atomic E-state index is 12.2. The monoisotopic (exact) mass is 395 g/mol. The minimum atomic E-state index is -2.14. The summed E-state index contributed by atoms with van der Waals surface area (Å²) < 4.78 is 0. The normalized spacial score (nSPS) is 13.0. The van der Waals surface area contributed by atoms with Gasteiger partial charge in [0.05, 0.1) is 0 Å². The van der Waals surface area contributed by atoms with Crippen molar-refractivity contribution in [3.8, 4) is 17.2 Å². The fourth-order valence-corrected chi connectivity index (χ4v) is 2.92. The van der Waals surface area contributed by atoms with E-state index >= 15 is 0 Å². The molecule has 5 N–H and O–H groups in total. The van der Waals surface area contributed by atoms with Gasteiger partial charge in [-0.05, 0) is 29.8 Å². The summed E-state index contributed by atoms with van der Waals surface area (Å²) in [6.45, 7) is 0. The maximum Gasteiger partial charge on any atom is 0.313 e. The number of ketones is 1. The number of carbonyl (C=O) groups is 2. The molecule has 2 aromatic carbocycles. The van der Waals surface area contributed by atoms with Gasteiger partial charge in [-0.1, -0.05) is 23.7 Å². The predicted octanol–water partition coefficient (Wildman–Crippen LogP) is 1.69. The molecular formula is C18H18ClNO7. The van der Waals surface area contributed by atoms with E-state index in [-0.39, 0.29) is 17.0 Å². The lowest BCUT2D eigenvalue weighted by Gasteiger charge is -2.29. The van der Waals surface area contributed by atoms with Gasteiger partial charge in [0.1, 0.15) is 5.60 Å². The van der Waals surface area contributed by atoms with Crippen LogP contribution in [0, 0.1) is 0 Å². The number of phenols is 3. The Morgan fingerprint density at radius 1 is 1.11 bits per heavy atom. The summed E-state index contributed by atoms with van der Waals surface area (Å²) in [6.07, 6.45) is -1.06. The Kier molecular flexibility index (Phi) is 5.94. The molecule has 0 saturated carbocycles. The lowest BCUT2D eigenvalue weighted by atomic mass is 9.82. The van der Waals surface area contributed by atoms with Gasteiger partial charge in [-0.15, -0.1) is 0 Å². The van der Waals surface area contributed by atoms with Crippen LogP contribution in [-0.2, 0) is 21.6 Å².